The van der Waals surface area contributed by atoms with E-state index in [-0.39, 0.29) is 18.6 Å². The standard InChI is InChI=1S/C15H27N3O3/c1-11-3-4-13(12(2)9-11)16-15(21)18-7-5-17(6-8-18)10-14(19)20/h11-13H,3-10H2,1-2H3,(H,16,21)(H,19,20). The van der Waals surface area contributed by atoms with Crippen molar-refractivity contribution >= 4 is 12.0 Å². The number of carboxylic acids is 1. The minimum absolute atomic E-state index is 0.0105. The molecule has 6 heteroatoms. The molecule has 0 aromatic carbocycles. The second kappa shape index (κ2) is 7.11. The molecule has 3 unspecified atom stereocenters. The van der Waals surface area contributed by atoms with Crippen molar-refractivity contribution in [1.82, 2.24) is 15.1 Å². The number of amides is 2. The van der Waals surface area contributed by atoms with E-state index in [9.17, 15) is 9.59 Å². The Bertz CT molecular complexity index is 380. The van der Waals surface area contributed by atoms with Gasteiger partial charge in [-0.05, 0) is 31.1 Å². The predicted molar refractivity (Wildman–Crippen MR) is 80.1 cm³/mol. The van der Waals surface area contributed by atoms with Crippen LogP contribution >= 0.6 is 0 Å². The maximum Gasteiger partial charge on any atom is 0.317 e. The van der Waals surface area contributed by atoms with Crippen LogP contribution in [0.15, 0.2) is 0 Å². The van der Waals surface area contributed by atoms with Gasteiger partial charge < -0.3 is 15.3 Å². The van der Waals surface area contributed by atoms with E-state index in [1.807, 2.05) is 9.80 Å². The molecule has 0 bridgehead atoms. The summed E-state index contributed by atoms with van der Waals surface area (Å²) < 4.78 is 0. The van der Waals surface area contributed by atoms with E-state index >= 15 is 0 Å². The molecule has 2 amide bonds. The van der Waals surface area contributed by atoms with Crippen molar-refractivity contribution in [3.8, 4) is 0 Å². The first-order chi connectivity index (χ1) is 9.95. The highest BCUT2D eigenvalue weighted by atomic mass is 16.4. The molecule has 6 nitrogen and oxygen atoms in total. The Morgan fingerprint density at radius 2 is 1.81 bits per heavy atom. The minimum Gasteiger partial charge on any atom is -0.480 e. The SMILES string of the molecule is CC1CCC(NC(=O)N2CCN(CC(=O)O)CC2)C(C)C1. The second-order valence-electron chi connectivity index (χ2n) is 6.61. The zero-order valence-electron chi connectivity index (χ0n) is 13.0. The van der Waals surface area contributed by atoms with Gasteiger partial charge in [-0.2, -0.15) is 0 Å². The maximum absolute atomic E-state index is 12.3. The van der Waals surface area contributed by atoms with Crippen LogP contribution in [0.1, 0.15) is 33.1 Å². The third-order valence-electron chi connectivity index (χ3n) is 4.76. The molecule has 21 heavy (non-hydrogen) atoms. The zero-order chi connectivity index (χ0) is 15.4. The van der Waals surface area contributed by atoms with Crippen LogP contribution in [0.5, 0.6) is 0 Å². The molecule has 3 atom stereocenters. The number of piperazine rings is 1. The first kappa shape index (κ1) is 16.1. The zero-order valence-corrected chi connectivity index (χ0v) is 13.0. The number of aliphatic carboxylic acids is 1. The van der Waals surface area contributed by atoms with Crippen LogP contribution < -0.4 is 5.32 Å². The molecule has 1 saturated carbocycles. The number of carbonyl (C=O) groups excluding carboxylic acids is 1. The monoisotopic (exact) mass is 297 g/mol. The Kier molecular flexibility index (Phi) is 5.45. The summed E-state index contributed by atoms with van der Waals surface area (Å²) in [5.74, 6) is 0.483. The number of hydrogen-bond donors (Lipinski definition) is 2. The van der Waals surface area contributed by atoms with Crippen LogP contribution in [0.3, 0.4) is 0 Å². The number of nitrogens with zero attached hydrogens (tertiary/aromatic N) is 2. The Balaban J connectivity index is 1.76. The van der Waals surface area contributed by atoms with Gasteiger partial charge in [0.05, 0.1) is 6.54 Å². The Morgan fingerprint density at radius 3 is 2.38 bits per heavy atom. The molecule has 2 rings (SSSR count). The molecule has 1 aliphatic carbocycles. The fraction of sp³-hybridized carbons (Fsp3) is 0.867. The molecule has 120 valence electrons. The Hall–Kier alpha value is -1.30. The van der Waals surface area contributed by atoms with Crippen LogP contribution in [0.25, 0.3) is 0 Å². The molecular formula is C15H27N3O3. The molecular weight excluding hydrogens is 270 g/mol. The highest BCUT2D eigenvalue weighted by Gasteiger charge is 2.29. The van der Waals surface area contributed by atoms with Gasteiger partial charge in [0, 0.05) is 32.2 Å². The summed E-state index contributed by atoms with van der Waals surface area (Å²) in [6.45, 7) is 7.04. The van der Waals surface area contributed by atoms with Crippen molar-refractivity contribution in [3.05, 3.63) is 0 Å². The topological polar surface area (TPSA) is 72.9 Å². The van der Waals surface area contributed by atoms with Crippen molar-refractivity contribution in [2.45, 2.75) is 39.2 Å². The lowest BCUT2D eigenvalue weighted by Gasteiger charge is -2.37. The van der Waals surface area contributed by atoms with Gasteiger partial charge in [-0.25, -0.2) is 4.79 Å². The van der Waals surface area contributed by atoms with Crippen molar-refractivity contribution in [2.75, 3.05) is 32.7 Å². The number of hydrogen-bond acceptors (Lipinski definition) is 3. The number of rotatable bonds is 3. The Labute approximate surface area is 126 Å². The first-order valence-corrected chi connectivity index (χ1v) is 7.95. The molecule has 2 aliphatic rings. The summed E-state index contributed by atoms with van der Waals surface area (Å²) >= 11 is 0. The molecule has 0 aromatic heterocycles. The summed E-state index contributed by atoms with van der Waals surface area (Å²) in [5.41, 5.74) is 0. The largest absolute Gasteiger partial charge is 0.480 e. The van der Waals surface area contributed by atoms with Gasteiger partial charge in [0.2, 0.25) is 0 Å². The lowest BCUT2D eigenvalue weighted by atomic mass is 9.80. The second-order valence-corrected chi connectivity index (χ2v) is 6.61. The molecule has 0 aromatic rings. The third-order valence-corrected chi connectivity index (χ3v) is 4.76. The van der Waals surface area contributed by atoms with Gasteiger partial charge in [-0.15, -0.1) is 0 Å². The van der Waals surface area contributed by atoms with Crippen molar-refractivity contribution in [1.29, 1.82) is 0 Å². The normalized spacial score (nSPS) is 31.0. The fourth-order valence-corrected chi connectivity index (χ4v) is 3.43. The summed E-state index contributed by atoms with van der Waals surface area (Å²) in [6, 6.07) is 0.294. The average molecular weight is 297 g/mol. The number of urea groups is 1. The van der Waals surface area contributed by atoms with Crippen molar-refractivity contribution in [2.24, 2.45) is 11.8 Å². The Morgan fingerprint density at radius 1 is 1.14 bits per heavy atom. The molecule has 1 heterocycles. The van der Waals surface area contributed by atoms with E-state index < -0.39 is 5.97 Å². The molecule has 1 saturated heterocycles. The van der Waals surface area contributed by atoms with Gasteiger partial charge in [0.15, 0.2) is 0 Å². The molecule has 1 aliphatic heterocycles. The van der Waals surface area contributed by atoms with E-state index in [1.165, 1.54) is 12.8 Å². The quantitative estimate of drug-likeness (QED) is 0.821. The number of nitrogens with one attached hydrogen (secondary N) is 1. The highest BCUT2D eigenvalue weighted by Crippen LogP contribution is 2.28. The first-order valence-electron chi connectivity index (χ1n) is 7.95. The van der Waals surface area contributed by atoms with Gasteiger partial charge in [-0.1, -0.05) is 13.8 Å². The highest BCUT2D eigenvalue weighted by molar-refractivity contribution is 5.74. The summed E-state index contributed by atoms with van der Waals surface area (Å²) in [5, 5.41) is 11.9. The summed E-state index contributed by atoms with van der Waals surface area (Å²) in [4.78, 5) is 26.7. The van der Waals surface area contributed by atoms with E-state index in [2.05, 4.69) is 19.2 Å². The number of carbonyl (C=O) groups is 2. The van der Waals surface area contributed by atoms with Gasteiger partial charge in [0.25, 0.3) is 0 Å². The van der Waals surface area contributed by atoms with E-state index in [1.54, 1.807) is 0 Å². The summed E-state index contributed by atoms with van der Waals surface area (Å²) in [6.07, 6.45) is 3.42. The van der Waals surface area contributed by atoms with Crippen molar-refractivity contribution < 1.29 is 14.7 Å². The molecule has 2 N–H and O–H groups in total. The smallest absolute Gasteiger partial charge is 0.317 e. The van der Waals surface area contributed by atoms with Crippen LogP contribution in [-0.4, -0.2) is 65.7 Å². The lowest BCUT2D eigenvalue weighted by molar-refractivity contribution is -0.138. The van der Waals surface area contributed by atoms with Crippen LogP contribution in [0.4, 0.5) is 4.79 Å². The van der Waals surface area contributed by atoms with Crippen LogP contribution in [0.2, 0.25) is 0 Å². The van der Waals surface area contributed by atoms with Gasteiger partial charge in [0.1, 0.15) is 0 Å². The molecule has 0 radical (unpaired) electrons. The maximum atomic E-state index is 12.3. The van der Waals surface area contributed by atoms with E-state index in [0.717, 1.165) is 12.3 Å². The number of carboxylic acid groups (broad SMARTS) is 1. The van der Waals surface area contributed by atoms with Crippen molar-refractivity contribution in [3.63, 3.8) is 0 Å². The van der Waals surface area contributed by atoms with Crippen LogP contribution in [-0.2, 0) is 4.79 Å². The fourth-order valence-electron chi connectivity index (χ4n) is 3.43. The molecule has 2 fully saturated rings. The van der Waals surface area contributed by atoms with E-state index in [4.69, 9.17) is 5.11 Å². The van der Waals surface area contributed by atoms with E-state index in [0.29, 0.717) is 32.1 Å². The van der Waals surface area contributed by atoms with Crippen LogP contribution in [0, 0.1) is 11.8 Å². The average Bonchev–Trinajstić information content (AvgIpc) is 2.42. The summed E-state index contributed by atoms with van der Waals surface area (Å²) in [7, 11) is 0. The van der Waals surface area contributed by atoms with Gasteiger partial charge in [-0.3, -0.25) is 9.69 Å². The molecule has 0 spiro atoms. The lowest BCUT2D eigenvalue weighted by Crippen LogP contribution is -2.55. The van der Waals surface area contributed by atoms with Gasteiger partial charge >= 0.3 is 12.0 Å². The predicted octanol–water partition coefficient (Wildman–Crippen LogP) is 1.22. The minimum atomic E-state index is -0.807. The third kappa shape index (κ3) is 4.59.